The minimum absolute atomic E-state index is 0.191. The summed E-state index contributed by atoms with van der Waals surface area (Å²) in [5.41, 5.74) is 4.87. The van der Waals surface area contributed by atoms with Gasteiger partial charge in [0, 0.05) is 28.4 Å². The summed E-state index contributed by atoms with van der Waals surface area (Å²) < 4.78 is 0. The van der Waals surface area contributed by atoms with Gasteiger partial charge < -0.3 is 15.2 Å². The van der Waals surface area contributed by atoms with E-state index in [1.807, 2.05) is 32.3 Å². The third-order valence-corrected chi connectivity index (χ3v) is 6.06. The molecule has 2 aromatic heterocycles. The van der Waals surface area contributed by atoms with Crippen LogP contribution in [0.3, 0.4) is 0 Å². The van der Waals surface area contributed by atoms with Gasteiger partial charge >= 0.3 is 0 Å². The summed E-state index contributed by atoms with van der Waals surface area (Å²) in [6, 6.07) is 13.4. The number of carbonyl (C=O) groups is 1. The van der Waals surface area contributed by atoms with Gasteiger partial charge in [0.05, 0.1) is 21.3 Å². The van der Waals surface area contributed by atoms with E-state index in [-0.39, 0.29) is 5.91 Å². The summed E-state index contributed by atoms with van der Waals surface area (Å²) in [4.78, 5) is 23.2. The molecule has 2 aromatic carbocycles. The standard InChI is InChI=1S/C24H24Cl2N4O/c1-14-6-4-7-16-17-13-20(24(31)27-10-5-11-30(2)3)28-22(23(17)29-21(14)16)15-8-9-18(25)19(26)12-15/h4,6-9,12-13,29H,5,10-11H2,1-3H3,(H,27,31). The molecule has 0 aliphatic rings. The molecule has 31 heavy (non-hydrogen) atoms. The number of benzene rings is 2. The molecular formula is C24H24Cl2N4O. The van der Waals surface area contributed by atoms with E-state index in [0.717, 1.165) is 45.9 Å². The second kappa shape index (κ2) is 8.87. The van der Waals surface area contributed by atoms with Crippen LogP contribution in [-0.2, 0) is 0 Å². The van der Waals surface area contributed by atoms with Gasteiger partial charge in [-0.15, -0.1) is 0 Å². The fourth-order valence-electron chi connectivity index (χ4n) is 3.72. The van der Waals surface area contributed by atoms with E-state index in [9.17, 15) is 4.79 Å². The molecule has 0 aliphatic carbocycles. The molecular weight excluding hydrogens is 431 g/mol. The van der Waals surface area contributed by atoms with Gasteiger partial charge in [-0.1, -0.05) is 47.5 Å². The Kier molecular flexibility index (Phi) is 6.19. The fourth-order valence-corrected chi connectivity index (χ4v) is 4.02. The predicted octanol–water partition coefficient (Wildman–Crippen LogP) is 5.68. The predicted molar refractivity (Wildman–Crippen MR) is 129 cm³/mol. The van der Waals surface area contributed by atoms with E-state index in [1.165, 1.54) is 0 Å². The molecule has 0 fully saturated rings. The van der Waals surface area contributed by atoms with Crippen LogP contribution < -0.4 is 5.32 Å². The molecule has 4 rings (SSSR count). The van der Waals surface area contributed by atoms with Crippen LogP contribution in [0, 0.1) is 6.92 Å². The number of aromatic nitrogens is 2. The van der Waals surface area contributed by atoms with E-state index in [0.29, 0.717) is 28.0 Å². The van der Waals surface area contributed by atoms with E-state index in [1.54, 1.807) is 12.1 Å². The zero-order chi connectivity index (χ0) is 22.1. The van der Waals surface area contributed by atoms with Crippen LogP contribution in [0.25, 0.3) is 33.1 Å². The van der Waals surface area contributed by atoms with Crippen LogP contribution in [0.15, 0.2) is 42.5 Å². The molecule has 4 aromatic rings. The number of carbonyl (C=O) groups excluding carboxylic acids is 1. The zero-order valence-electron chi connectivity index (χ0n) is 17.7. The molecule has 0 unspecified atom stereocenters. The molecule has 5 nitrogen and oxygen atoms in total. The highest BCUT2D eigenvalue weighted by molar-refractivity contribution is 6.42. The van der Waals surface area contributed by atoms with Gasteiger partial charge in [0.15, 0.2) is 0 Å². The number of fused-ring (bicyclic) bond motifs is 3. The van der Waals surface area contributed by atoms with Crippen molar-refractivity contribution in [2.24, 2.45) is 0 Å². The van der Waals surface area contributed by atoms with Crippen LogP contribution >= 0.6 is 23.2 Å². The average Bonchev–Trinajstić information content (AvgIpc) is 3.12. The largest absolute Gasteiger partial charge is 0.353 e. The summed E-state index contributed by atoms with van der Waals surface area (Å²) in [5, 5.41) is 5.91. The first-order valence-corrected chi connectivity index (χ1v) is 10.9. The van der Waals surface area contributed by atoms with Crippen molar-refractivity contribution in [3.05, 3.63) is 63.8 Å². The van der Waals surface area contributed by atoms with Crippen molar-refractivity contribution in [2.75, 3.05) is 27.2 Å². The van der Waals surface area contributed by atoms with Crippen LogP contribution in [0.1, 0.15) is 22.5 Å². The maximum Gasteiger partial charge on any atom is 0.269 e. The summed E-state index contributed by atoms with van der Waals surface area (Å²) in [5.74, 6) is -0.191. The van der Waals surface area contributed by atoms with Gasteiger partial charge in [-0.05, 0) is 57.7 Å². The lowest BCUT2D eigenvalue weighted by Gasteiger charge is -2.11. The van der Waals surface area contributed by atoms with Gasteiger partial charge in [-0.2, -0.15) is 0 Å². The molecule has 2 heterocycles. The second-order valence-electron chi connectivity index (χ2n) is 7.94. The number of amides is 1. The van der Waals surface area contributed by atoms with Crippen LogP contribution in [0.4, 0.5) is 0 Å². The first-order chi connectivity index (χ1) is 14.8. The number of para-hydroxylation sites is 1. The maximum atomic E-state index is 12.9. The maximum absolute atomic E-state index is 12.9. The number of H-pyrrole nitrogens is 1. The Morgan fingerprint density at radius 1 is 1.06 bits per heavy atom. The highest BCUT2D eigenvalue weighted by Crippen LogP contribution is 2.35. The molecule has 0 bridgehead atoms. The molecule has 0 saturated carbocycles. The fraction of sp³-hybridized carbons (Fsp3) is 0.250. The lowest BCUT2D eigenvalue weighted by Crippen LogP contribution is -2.27. The van der Waals surface area contributed by atoms with Crippen molar-refractivity contribution in [2.45, 2.75) is 13.3 Å². The van der Waals surface area contributed by atoms with Crippen molar-refractivity contribution in [3.8, 4) is 11.3 Å². The monoisotopic (exact) mass is 454 g/mol. The van der Waals surface area contributed by atoms with E-state index in [4.69, 9.17) is 28.2 Å². The Bertz CT molecular complexity index is 1280. The van der Waals surface area contributed by atoms with E-state index < -0.39 is 0 Å². The third kappa shape index (κ3) is 4.40. The van der Waals surface area contributed by atoms with Crippen LogP contribution in [0.5, 0.6) is 0 Å². The van der Waals surface area contributed by atoms with Crippen molar-refractivity contribution in [3.63, 3.8) is 0 Å². The van der Waals surface area contributed by atoms with Gasteiger partial charge in [-0.25, -0.2) is 4.98 Å². The summed E-state index contributed by atoms with van der Waals surface area (Å²) in [7, 11) is 4.03. The number of nitrogens with zero attached hydrogens (tertiary/aromatic N) is 2. The Balaban J connectivity index is 1.84. The van der Waals surface area contributed by atoms with Crippen LogP contribution in [0.2, 0.25) is 10.0 Å². The molecule has 0 spiro atoms. The van der Waals surface area contributed by atoms with Gasteiger partial charge in [-0.3, -0.25) is 4.79 Å². The first-order valence-electron chi connectivity index (χ1n) is 10.2. The number of hydrogen-bond acceptors (Lipinski definition) is 3. The van der Waals surface area contributed by atoms with E-state index >= 15 is 0 Å². The molecule has 0 saturated heterocycles. The normalized spacial score (nSPS) is 11.5. The summed E-state index contributed by atoms with van der Waals surface area (Å²) in [6.45, 7) is 3.55. The molecule has 0 radical (unpaired) electrons. The number of aromatic amines is 1. The van der Waals surface area contributed by atoms with Gasteiger partial charge in [0.2, 0.25) is 0 Å². The summed E-state index contributed by atoms with van der Waals surface area (Å²) >= 11 is 12.4. The lowest BCUT2D eigenvalue weighted by molar-refractivity contribution is 0.0947. The van der Waals surface area contributed by atoms with Crippen molar-refractivity contribution < 1.29 is 4.79 Å². The Morgan fingerprint density at radius 3 is 2.61 bits per heavy atom. The molecule has 7 heteroatoms. The molecule has 160 valence electrons. The number of pyridine rings is 1. The van der Waals surface area contributed by atoms with Gasteiger partial charge in [0.25, 0.3) is 5.91 Å². The second-order valence-corrected chi connectivity index (χ2v) is 8.76. The van der Waals surface area contributed by atoms with Crippen molar-refractivity contribution in [1.29, 1.82) is 0 Å². The quantitative estimate of drug-likeness (QED) is 0.368. The van der Waals surface area contributed by atoms with Crippen LogP contribution in [-0.4, -0.2) is 48.0 Å². The molecule has 0 atom stereocenters. The zero-order valence-corrected chi connectivity index (χ0v) is 19.2. The number of aryl methyl sites for hydroxylation is 1. The first kappa shape index (κ1) is 21.6. The Labute approximate surface area is 191 Å². The highest BCUT2D eigenvalue weighted by Gasteiger charge is 2.18. The van der Waals surface area contributed by atoms with Crippen molar-refractivity contribution in [1.82, 2.24) is 20.2 Å². The SMILES string of the molecule is Cc1cccc2c1[nH]c1c(-c3ccc(Cl)c(Cl)c3)nc(C(=O)NCCCN(C)C)cc12. The lowest BCUT2D eigenvalue weighted by atomic mass is 10.1. The Hall–Kier alpha value is -2.60. The number of halogens is 2. The summed E-state index contributed by atoms with van der Waals surface area (Å²) in [6.07, 6.45) is 0.868. The Morgan fingerprint density at radius 2 is 1.87 bits per heavy atom. The highest BCUT2D eigenvalue weighted by atomic mass is 35.5. The van der Waals surface area contributed by atoms with Crippen molar-refractivity contribution >= 4 is 50.9 Å². The van der Waals surface area contributed by atoms with E-state index in [2.05, 4.69) is 34.3 Å². The number of hydrogen-bond donors (Lipinski definition) is 2. The minimum atomic E-state index is -0.191. The van der Waals surface area contributed by atoms with Gasteiger partial charge in [0.1, 0.15) is 5.69 Å². The number of nitrogens with one attached hydrogen (secondary N) is 2. The topological polar surface area (TPSA) is 61.0 Å². The molecule has 0 aliphatic heterocycles. The molecule has 2 N–H and O–H groups in total. The average molecular weight is 455 g/mol. The minimum Gasteiger partial charge on any atom is -0.353 e. The number of rotatable bonds is 6. The smallest absolute Gasteiger partial charge is 0.269 e. The third-order valence-electron chi connectivity index (χ3n) is 5.33. The molecule has 1 amide bonds.